The second-order valence-electron chi connectivity index (χ2n) is 5.86. The molecule has 0 aliphatic carbocycles. The Hall–Kier alpha value is -2.30. The first-order valence-electron chi connectivity index (χ1n) is 7.97. The van der Waals surface area contributed by atoms with Gasteiger partial charge >= 0.3 is 0 Å². The van der Waals surface area contributed by atoms with Crippen molar-refractivity contribution in [3.63, 3.8) is 0 Å². The summed E-state index contributed by atoms with van der Waals surface area (Å²) in [6.45, 7) is 2.45. The molecule has 0 atom stereocenters. The van der Waals surface area contributed by atoms with Crippen LogP contribution in [-0.4, -0.2) is 31.8 Å². The van der Waals surface area contributed by atoms with Crippen molar-refractivity contribution >= 4 is 38.9 Å². The average molecular weight is 394 g/mol. The second kappa shape index (κ2) is 7.52. The molecule has 1 saturated heterocycles. The maximum atomic E-state index is 12.3. The maximum absolute atomic E-state index is 12.3. The SMILES string of the molecule is Cc1csc(CC(=O)NNS(=O)(=O)c2ccc(N3CCCC3=O)cc2)n1. The van der Waals surface area contributed by atoms with Crippen molar-refractivity contribution in [2.75, 3.05) is 11.4 Å². The van der Waals surface area contributed by atoms with Crippen LogP contribution < -0.4 is 15.2 Å². The second-order valence-corrected chi connectivity index (χ2v) is 8.48. The molecule has 1 fully saturated rings. The van der Waals surface area contributed by atoms with Crippen molar-refractivity contribution in [1.82, 2.24) is 15.2 Å². The van der Waals surface area contributed by atoms with E-state index in [-0.39, 0.29) is 17.2 Å². The number of amides is 2. The number of hydrazine groups is 1. The number of carbonyl (C=O) groups excluding carboxylic acids is 2. The third-order valence-corrected chi connectivity index (χ3v) is 6.07. The fourth-order valence-corrected chi connectivity index (χ4v) is 4.21. The van der Waals surface area contributed by atoms with Gasteiger partial charge in [0.2, 0.25) is 11.8 Å². The number of hydrogen-bond acceptors (Lipinski definition) is 6. The summed E-state index contributed by atoms with van der Waals surface area (Å²) >= 11 is 1.34. The molecule has 0 radical (unpaired) electrons. The highest BCUT2D eigenvalue weighted by Crippen LogP contribution is 2.22. The van der Waals surface area contributed by atoms with Gasteiger partial charge in [-0.15, -0.1) is 16.2 Å². The van der Waals surface area contributed by atoms with Gasteiger partial charge in [-0.3, -0.25) is 15.0 Å². The molecule has 1 aliphatic rings. The zero-order valence-corrected chi connectivity index (χ0v) is 15.7. The molecular formula is C16H18N4O4S2. The molecule has 2 N–H and O–H groups in total. The van der Waals surface area contributed by atoms with Gasteiger partial charge in [0.05, 0.1) is 11.3 Å². The summed E-state index contributed by atoms with van der Waals surface area (Å²) in [6.07, 6.45) is 1.30. The Morgan fingerprint density at radius 3 is 2.62 bits per heavy atom. The molecule has 0 unspecified atom stereocenters. The van der Waals surface area contributed by atoms with Crippen LogP contribution >= 0.6 is 11.3 Å². The molecule has 2 heterocycles. The predicted octanol–water partition coefficient (Wildman–Crippen LogP) is 1.13. The number of sulfonamides is 1. The van der Waals surface area contributed by atoms with Gasteiger partial charge in [-0.2, -0.15) is 0 Å². The summed E-state index contributed by atoms with van der Waals surface area (Å²) in [7, 11) is -3.90. The Bertz CT molecular complexity index is 922. The first-order valence-corrected chi connectivity index (χ1v) is 10.3. The molecule has 10 heteroatoms. The smallest absolute Gasteiger partial charge is 0.257 e. The molecule has 138 valence electrons. The Morgan fingerprint density at radius 1 is 1.31 bits per heavy atom. The lowest BCUT2D eigenvalue weighted by atomic mass is 10.3. The van der Waals surface area contributed by atoms with Gasteiger partial charge in [-0.25, -0.2) is 13.4 Å². The maximum Gasteiger partial charge on any atom is 0.257 e. The van der Waals surface area contributed by atoms with E-state index in [1.807, 2.05) is 12.3 Å². The lowest BCUT2D eigenvalue weighted by Crippen LogP contribution is -2.42. The summed E-state index contributed by atoms with van der Waals surface area (Å²) in [6, 6.07) is 5.97. The number of hydrogen-bond donors (Lipinski definition) is 2. The van der Waals surface area contributed by atoms with Crippen LogP contribution in [0.1, 0.15) is 23.5 Å². The predicted molar refractivity (Wildman–Crippen MR) is 97.0 cm³/mol. The van der Waals surface area contributed by atoms with E-state index in [1.165, 1.54) is 23.5 Å². The molecule has 0 spiro atoms. The summed E-state index contributed by atoms with van der Waals surface area (Å²) in [5, 5.41) is 2.43. The standard InChI is InChI=1S/C16H18N4O4S2/c1-11-10-25-15(17-11)9-14(21)18-19-26(23,24)13-6-4-12(5-7-13)20-8-2-3-16(20)22/h4-7,10,19H,2-3,8-9H2,1H3,(H,18,21). The first kappa shape index (κ1) is 18.5. The fourth-order valence-electron chi connectivity index (χ4n) is 2.57. The number of benzene rings is 1. The van der Waals surface area contributed by atoms with E-state index < -0.39 is 15.9 Å². The molecule has 3 rings (SSSR count). The van der Waals surface area contributed by atoms with Crippen LogP contribution in [0.2, 0.25) is 0 Å². The summed E-state index contributed by atoms with van der Waals surface area (Å²) < 4.78 is 24.5. The van der Waals surface area contributed by atoms with E-state index in [9.17, 15) is 18.0 Å². The number of nitrogens with zero attached hydrogens (tertiary/aromatic N) is 2. The molecule has 1 aromatic heterocycles. The third kappa shape index (κ3) is 4.26. The average Bonchev–Trinajstić information content (AvgIpc) is 3.21. The van der Waals surface area contributed by atoms with Crippen molar-refractivity contribution < 1.29 is 18.0 Å². The number of aryl methyl sites for hydroxylation is 1. The monoisotopic (exact) mass is 394 g/mol. The third-order valence-electron chi connectivity index (χ3n) is 3.84. The number of carbonyl (C=O) groups is 2. The number of aromatic nitrogens is 1. The lowest BCUT2D eigenvalue weighted by Gasteiger charge is -2.16. The van der Waals surface area contributed by atoms with Crippen LogP contribution in [0.25, 0.3) is 0 Å². The number of rotatable bonds is 6. The minimum Gasteiger partial charge on any atom is -0.312 e. The van der Waals surface area contributed by atoms with Crippen molar-refractivity contribution in [3.05, 3.63) is 40.3 Å². The normalized spacial score (nSPS) is 14.7. The van der Waals surface area contributed by atoms with Gasteiger partial charge in [0, 0.05) is 29.7 Å². The quantitative estimate of drug-likeness (QED) is 0.714. The van der Waals surface area contributed by atoms with E-state index in [0.717, 1.165) is 12.1 Å². The van der Waals surface area contributed by atoms with Crippen LogP contribution in [0.3, 0.4) is 0 Å². The highest BCUT2D eigenvalue weighted by Gasteiger charge is 2.22. The van der Waals surface area contributed by atoms with Gasteiger partial charge in [0.15, 0.2) is 0 Å². The Labute approximate surface area is 155 Å². The van der Waals surface area contributed by atoms with Crippen LogP contribution in [0, 0.1) is 6.92 Å². The summed E-state index contributed by atoms with van der Waals surface area (Å²) in [4.78, 5) is 31.4. The minimum atomic E-state index is -3.90. The highest BCUT2D eigenvalue weighted by molar-refractivity contribution is 7.89. The van der Waals surface area contributed by atoms with Gasteiger partial charge in [0.1, 0.15) is 5.01 Å². The van der Waals surface area contributed by atoms with Crippen molar-refractivity contribution in [2.45, 2.75) is 31.1 Å². The van der Waals surface area contributed by atoms with E-state index >= 15 is 0 Å². The van der Waals surface area contributed by atoms with E-state index in [1.54, 1.807) is 17.0 Å². The zero-order valence-electron chi connectivity index (χ0n) is 14.1. The van der Waals surface area contributed by atoms with Crippen LogP contribution in [0.15, 0.2) is 34.5 Å². The van der Waals surface area contributed by atoms with Gasteiger partial charge < -0.3 is 4.90 Å². The molecule has 2 aromatic rings. The molecule has 0 saturated carbocycles. The van der Waals surface area contributed by atoms with E-state index in [2.05, 4.69) is 15.2 Å². The zero-order chi connectivity index (χ0) is 18.7. The fraction of sp³-hybridized carbons (Fsp3) is 0.312. The van der Waals surface area contributed by atoms with E-state index in [4.69, 9.17) is 0 Å². The minimum absolute atomic E-state index is 0.00158. The highest BCUT2D eigenvalue weighted by atomic mass is 32.2. The molecule has 0 bridgehead atoms. The van der Waals surface area contributed by atoms with Crippen molar-refractivity contribution in [1.29, 1.82) is 0 Å². The molecule has 8 nitrogen and oxygen atoms in total. The first-order chi connectivity index (χ1) is 12.3. The van der Waals surface area contributed by atoms with Gasteiger partial charge in [-0.1, -0.05) is 0 Å². The van der Waals surface area contributed by atoms with Crippen LogP contribution in [-0.2, 0) is 26.0 Å². The molecule has 1 aliphatic heterocycles. The molecule has 26 heavy (non-hydrogen) atoms. The van der Waals surface area contributed by atoms with Crippen molar-refractivity contribution in [2.24, 2.45) is 0 Å². The van der Waals surface area contributed by atoms with Crippen LogP contribution in [0.5, 0.6) is 0 Å². The topological polar surface area (TPSA) is 108 Å². The summed E-state index contributed by atoms with van der Waals surface area (Å²) in [5.74, 6) is -0.467. The Morgan fingerprint density at radius 2 is 2.04 bits per heavy atom. The summed E-state index contributed by atoms with van der Waals surface area (Å²) in [5.41, 5.74) is 3.66. The molecular weight excluding hydrogens is 376 g/mol. The Kier molecular flexibility index (Phi) is 5.35. The van der Waals surface area contributed by atoms with Crippen LogP contribution in [0.4, 0.5) is 5.69 Å². The van der Waals surface area contributed by atoms with Gasteiger partial charge in [0.25, 0.3) is 10.0 Å². The number of nitrogens with one attached hydrogen (secondary N) is 2. The largest absolute Gasteiger partial charge is 0.312 e. The lowest BCUT2D eigenvalue weighted by molar-refractivity contribution is -0.121. The number of thiazole rings is 1. The molecule has 2 amide bonds. The van der Waals surface area contributed by atoms with Crippen molar-refractivity contribution in [3.8, 4) is 0 Å². The number of anilines is 1. The van der Waals surface area contributed by atoms with Gasteiger partial charge in [-0.05, 0) is 37.6 Å². The Balaban J connectivity index is 1.60. The van der Waals surface area contributed by atoms with E-state index in [0.29, 0.717) is 23.7 Å². The molecule has 1 aromatic carbocycles.